The number of rotatable bonds is 7. The third-order valence-electron chi connectivity index (χ3n) is 7.42. The summed E-state index contributed by atoms with van der Waals surface area (Å²) < 4.78 is 18.8. The van der Waals surface area contributed by atoms with Crippen molar-refractivity contribution in [1.29, 1.82) is 0 Å². The second-order valence-electron chi connectivity index (χ2n) is 10.7. The molecule has 0 bridgehead atoms. The summed E-state index contributed by atoms with van der Waals surface area (Å²) in [5.41, 5.74) is 4.10. The molecular formula is C32H33ClFN3O2S. The predicted molar refractivity (Wildman–Crippen MR) is 164 cm³/mol. The molecule has 40 heavy (non-hydrogen) atoms. The van der Waals surface area contributed by atoms with E-state index in [1.54, 1.807) is 36.2 Å². The summed E-state index contributed by atoms with van der Waals surface area (Å²) in [6, 6.07) is 22.5. The van der Waals surface area contributed by atoms with Crippen LogP contribution in [0.2, 0.25) is 5.02 Å². The minimum Gasteiger partial charge on any atom is -0.478 e. The largest absolute Gasteiger partial charge is 0.478 e. The maximum atomic E-state index is 15.1. The highest BCUT2D eigenvalue weighted by molar-refractivity contribution is 8.01. The first-order chi connectivity index (χ1) is 19.2. The predicted octanol–water partition coefficient (Wildman–Crippen LogP) is 7.85. The number of carboxylic acid groups (broad SMARTS) is 1. The lowest BCUT2D eigenvalue weighted by Crippen LogP contribution is -2.43. The number of fused-ring (bicyclic) bond motifs is 1. The molecule has 208 valence electrons. The van der Waals surface area contributed by atoms with Crippen LogP contribution in [0.3, 0.4) is 0 Å². The average molecular weight is 578 g/mol. The van der Waals surface area contributed by atoms with Crippen molar-refractivity contribution in [3.63, 3.8) is 0 Å². The van der Waals surface area contributed by atoms with E-state index >= 15 is 4.39 Å². The van der Waals surface area contributed by atoms with Crippen molar-refractivity contribution in [3.8, 4) is 0 Å². The number of nitrogens with zero attached hydrogens (tertiary/aromatic N) is 2. The highest BCUT2D eigenvalue weighted by Crippen LogP contribution is 2.43. The van der Waals surface area contributed by atoms with Crippen LogP contribution in [0, 0.1) is 11.7 Å². The number of para-hydroxylation sites is 2. The van der Waals surface area contributed by atoms with Crippen molar-refractivity contribution >= 4 is 46.5 Å². The lowest BCUT2D eigenvalue weighted by molar-refractivity contribution is 0.0697. The van der Waals surface area contributed by atoms with Gasteiger partial charge in [0.25, 0.3) is 0 Å². The molecule has 1 aliphatic carbocycles. The first-order valence-corrected chi connectivity index (χ1v) is 14.6. The molecule has 0 saturated carbocycles. The van der Waals surface area contributed by atoms with E-state index in [4.69, 9.17) is 11.6 Å². The number of carboxylic acids is 1. The minimum atomic E-state index is -1.09. The molecule has 3 aromatic carbocycles. The second-order valence-corrected chi connectivity index (χ2v) is 12.0. The fourth-order valence-electron chi connectivity index (χ4n) is 5.52. The van der Waals surface area contributed by atoms with E-state index in [9.17, 15) is 9.90 Å². The Morgan fingerprint density at radius 2 is 1.88 bits per heavy atom. The molecular weight excluding hydrogens is 545 g/mol. The first-order valence-electron chi connectivity index (χ1n) is 13.4. The number of nitrogens with one attached hydrogen (secondary N) is 1. The SMILES string of the molecule is CC(C)C[C@@H]1CN(c2ccccc2)C2CC(N(C)c3ccccc3F)=C(c3ccc(Cl)c(C(=O)O)c3)C=C2SN1. The molecule has 0 aromatic heterocycles. The van der Waals surface area contributed by atoms with Gasteiger partial charge in [-0.05, 0) is 72.3 Å². The van der Waals surface area contributed by atoms with Crippen LogP contribution in [0.25, 0.3) is 5.57 Å². The lowest BCUT2D eigenvalue weighted by atomic mass is 9.90. The van der Waals surface area contributed by atoms with Crippen LogP contribution in [0.15, 0.2) is 89.5 Å². The number of benzene rings is 3. The second kappa shape index (κ2) is 12.1. The van der Waals surface area contributed by atoms with Gasteiger partial charge in [-0.2, -0.15) is 0 Å². The maximum absolute atomic E-state index is 15.1. The normalized spacial score (nSPS) is 19.2. The van der Waals surface area contributed by atoms with Crippen molar-refractivity contribution in [2.75, 3.05) is 23.4 Å². The van der Waals surface area contributed by atoms with Crippen LogP contribution in [0.4, 0.5) is 15.8 Å². The zero-order chi connectivity index (χ0) is 28.4. The van der Waals surface area contributed by atoms with Crippen LogP contribution >= 0.6 is 23.5 Å². The first kappa shape index (κ1) is 28.3. The van der Waals surface area contributed by atoms with Crippen molar-refractivity contribution in [2.45, 2.75) is 38.8 Å². The van der Waals surface area contributed by atoms with Gasteiger partial charge in [0.1, 0.15) is 5.82 Å². The van der Waals surface area contributed by atoms with Gasteiger partial charge in [-0.3, -0.25) is 4.72 Å². The van der Waals surface area contributed by atoms with E-state index in [0.29, 0.717) is 18.0 Å². The highest BCUT2D eigenvalue weighted by atomic mass is 35.5. The summed E-state index contributed by atoms with van der Waals surface area (Å²) in [6.45, 7) is 5.30. The molecule has 1 saturated heterocycles. The maximum Gasteiger partial charge on any atom is 0.337 e. The van der Waals surface area contributed by atoms with Gasteiger partial charge >= 0.3 is 5.97 Å². The van der Waals surface area contributed by atoms with E-state index < -0.39 is 5.97 Å². The Balaban J connectivity index is 1.66. The monoisotopic (exact) mass is 577 g/mol. The number of halogens is 2. The van der Waals surface area contributed by atoms with Crippen LogP contribution in [0.5, 0.6) is 0 Å². The summed E-state index contributed by atoms with van der Waals surface area (Å²) in [6.07, 6.45) is 3.76. The highest BCUT2D eigenvalue weighted by Gasteiger charge is 2.36. The number of hydrogen-bond donors (Lipinski definition) is 2. The van der Waals surface area contributed by atoms with Crippen molar-refractivity contribution in [1.82, 2.24) is 4.72 Å². The Kier molecular flexibility index (Phi) is 8.54. The van der Waals surface area contributed by atoms with E-state index in [0.717, 1.165) is 40.4 Å². The minimum absolute atomic E-state index is 0.0104. The molecule has 1 heterocycles. The Labute approximate surface area is 244 Å². The van der Waals surface area contributed by atoms with E-state index in [1.165, 1.54) is 6.07 Å². The van der Waals surface area contributed by atoms with Gasteiger partial charge in [0.05, 0.1) is 22.3 Å². The number of hydrogen-bond acceptors (Lipinski definition) is 5. The smallest absolute Gasteiger partial charge is 0.337 e. The Morgan fingerprint density at radius 3 is 2.58 bits per heavy atom. The third kappa shape index (κ3) is 5.92. The van der Waals surface area contributed by atoms with Crippen LogP contribution in [-0.2, 0) is 0 Å². The van der Waals surface area contributed by atoms with E-state index in [-0.39, 0.29) is 28.5 Å². The molecule has 2 N–H and O–H groups in total. The van der Waals surface area contributed by atoms with Gasteiger partial charge in [-0.15, -0.1) is 0 Å². The fraction of sp³-hybridized carbons (Fsp3) is 0.281. The van der Waals surface area contributed by atoms with Crippen molar-refractivity contribution in [3.05, 3.63) is 111 Å². The van der Waals surface area contributed by atoms with E-state index in [2.05, 4.69) is 53.8 Å². The number of carbonyl (C=O) groups is 1. The molecule has 3 aromatic rings. The average Bonchev–Trinajstić information content (AvgIpc) is 3.11. The fourth-order valence-corrected chi connectivity index (χ4v) is 6.72. The van der Waals surface area contributed by atoms with Gasteiger partial charge in [-0.25, -0.2) is 9.18 Å². The van der Waals surface area contributed by atoms with Gasteiger partial charge in [-0.1, -0.05) is 61.8 Å². The van der Waals surface area contributed by atoms with Gasteiger partial charge in [0.15, 0.2) is 0 Å². The molecule has 8 heteroatoms. The number of anilines is 2. The van der Waals surface area contributed by atoms with Gasteiger partial charge < -0.3 is 14.9 Å². The van der Waals surface area contributed by atoms with Crippen molar-refractivity contribution < 1.29 is 14.3 Å². The summed E-state index contributed by atoms with van der Waals surface area (Å²) in [4.78, 5) is 17.4. The number of aromatic carboxylic acids is 1. The quantitative estimate of drug-likeness (QED) is 0.279. The molecule has 5 rings (SSSR count). The molecule has 1 unspecified atom stereocenters. The summed E-state index contributed by atoms with van der Waals surface area (Å²) >= 11 is 7.87. The molecule has 1 aliphatic heterocycles. The zero-order valence-corrected chi connectivity index (χ0v) is 24.3. The zero-order valence-electron chi connectivity index (χ0n) is 22.8. The van der Waals surface area contributed by atoms with E-state index in [1.807, 2.05) is 30.1 Å². The molecule has 0 amide bonds. The molecule has 5 nitrogen and oxygen atoms in total. The Morgan fingerprint density at radius 1 is 1.15 bits per heavy atom. The topological polar surface area (TPSA) is 55.8 Å². The summed E-state index contributed by atoms with van der Waals surface area (Å²) in [5.74, 6) is -0.873. The van der Waals surface area contributed by atoms with Crippen LogP contribution in [0.1, 0.15) is 42.6 Å². The van der Waals surface area contributed by atoms with Crippen molar-refractivity contribution in [2.24, 2.45) is 5.92 Å². The third-order valence-corrected chi connectivity index (χ3v) is 8.83. The summed E-state index contributed by atoms with van der Waals surface area (Å²) in [7, 11) is 1.87. The molecule has 2 aliphatic rings. The molecule has 2 atom stereocenters. The Hall–Kier alpha value is -3.26. The Bertz CT molecular complexity index is 1460. The van der Waals surface area contributed by atoms with Crippen LogP contribution < -0.4 is 14.5 Å². The van der Waals surface area contributed by atoms with Crippen LogP contribution in [-0.4, -0.2) is 36.8 Å². The molecule has 0 spiro atoms. The van der Waals surface area contributed by atoms with Gasteiger partial charge in [0, 0.05) is 47.9 Å². The summed E-state index contributed by atoms with van der Waals surface area (Å²) in [5, 5.41) is 9.95. The standard InChI is InChI=1S/C32H33ClFN3O2S/c1-20(2)15-22-19-37(23-9-5-4-6-10-23)30-18-29(36(3)28-12-8-7-11-27(28)34)24(17-31(30)40-35-22)21-13-14-26(33)25(16-21)32(38)39/h4-14,16-17,20,22,30,35H,15,18-19H2,1-3H3,(H,38,39)/t22-,30?/m1/s1. The number of allylic oxidation sites excluding steroid dienone is 2. The van der Waals surface area contributed by atoms with Gasteiger partial charge in [0.2, 0.25) is 0 Å². The molecule has 0 radical (unpaired) electrons. The molecule has 1 fully saturated rings. The lowest BCUT2D eigenvalue weighted by Gasteiger charge is -2.39.